The first kappa shape index (κ1) is 15.0. The summed E-state index contributed by atoms with van der Waals surface area (Å²) in [5, 5.41) is 0. The van der Waals surface area contributed by atoms with Crippen molar-refractivity contribution in [1.82, 2.24) is 4.98 Å². The molecule has 0 amide bonds. The number of halogens is 1. The van der Waals surface area contributed by atoms with Gasteiger partial charge in [-0.05, 0) is 61.9 Å². The summed E-state index contributed by atoms with van der Waals surface area (Å²) in [6.45, 7) is 4.21. The molecule has 3 heteroatoms. The average Bonchev–Trinajstić information content (AvgIpc) is 2.97. The zero-order chi connectivity index (χ0) is 16.7. The largest absolute Gasteiger partial charge is 0.247 e. The summed E-state index contributed by atoms with van der Waals surface area (Å²) in [4.78, 5) is 5.93. The van der Waals surface area contributed by atoms with E-state index < -0.39 is 0 Å². The van der Waals surface area contributed by atoms with Crippen molar-refractivity contribution in [2.24, 2.45) is 0 Å². The van der Waals surface area contributed by atoms with Crippen LogP contribution in [-0.2, 0) is 0 Å². The minimum absolute atomic E-state index is 0.213. The number of aryl methyl sites for hydroxylation is 2. The van der Waals surface area contributed by atoms with Crippen LogP contribution < -0.4 is 0 Å². The molecule has 2 heterocycles. The number of rotatable bonds is 2. The summed E-state index contributed by atoms with van der Waals surface area (Å²) in [6.07, 6.45) is 0. The Kier molecular flexibility index (Phi) is 3.66. The summed E-state index contributed by atoms with van der Waals surface area (Å²) < 4.78 is 14.2. The molecule has 0 aliphatic heterocycles. The maximum absolute atomic E-state index is 13.1. The third-order valence-electron chi connectivity index (χ3n) is 4.02. The zero-order valence-corrected chi connectivity index (χ0v) is 14.3. The van der Waals surface area contributed by atoms with Crippen molar-refractivity contribution in [1.29, 1.82) is 0 Å². The van der Waals surface area contributed by atoms with Crippen LogP contribution in [0.5, 0.6) is 0 Å². The van der Waals surface area contributed by atoms with Gasteiger partial charge in [-0.25, -0.2) is 9.37 Å². The molecule has 0 aliphatic rings. The van der Waals surface area contributed by atoms with Crippen molar-refractivity contribution in [3.8, 4) is 21.7 Å². The van der Waals surface area contributed by atoms with Gasteiger partial charge < -0.3 is 0 Å². The Morgan fingerprint density at radius 1 is 0.792 bits per heavy atom. The molecule has 0 radical (unpaired) electrons. The first-order chi connectivity index (χ1) is 11.6. The van der Waals surface area contributed by atoms with Crippen molar-refractivity contribution in [2.75, 3.05) is 0 Å². The van der Waals surface area contributed by atoms with Crippen LogP contribution in [0.1, 0.15) is 11.1 Å². The van der Waals surface area contributed by atoms with E-state index in [1.807, 2.05) is 12.1 Å². The van der Waals surface area contributed by atoms with E-state index in [0.717, 1.165) is 31.9 Å². The first-order valence-electron chi connectivity index (χ1n) is 7.84. The SMILES string of the molecule is Cc1cc(C)cc(-c2ccc3sc(-c4ccc(F)cc4)cc3n2)c1. The molecule has 0 bridgehead atoms. The summed E-state index contributed by atoms with van der Waals surface area (Å²) >= 11 is 1.68. The third-order valence-corrected chi connectivity index (χ3v) is 5.16. The van der Waals surface area contributed by atoms with Crippen molar-refractivity contribution in [3.63, 3.8) is 0 Å². The van der Waals surface area contributed by atoms with Gasteiger partial charge in [-0.2, -0.15) is 0 Å². The molecule has 24 heavy (non-hydrogen) atoms. The Balaban J connectivity index is 1.79. The van der Waals surface area contributed by atoms with Gasteiger partial charge in [-0.1, -0.05) is 29.3 Å². The van der Waals surface area contributed by atoms with Gasteiger partial charge in [0.2, 0.25) is 0 Å². The fourth-order valence-electron chi connectivity index (χ4n) is 2.96. The molecule has 0 aliphatic carbocycles. The highest BCUT2D eigenvalue weighted by Gasteiger charge is 2.08. The molecular formula is C21H16FNS. The minimum Gasteiger partial charge on any atom is -0.247 e. The van der Waals surface area contributed by atoms with Gasteiger partial charge in [0.05, 0.1) is 15.9 Å². The van der Waals surface area contributed by atoms with Crippen molar-refractivity contribution in [2.45, 2.75) is 13.8 Å². The molecule has 1 nitrogen and oxygen atoms in total. The van der Waals surface area contributed by atoms with Gasteiger partial charge >= 0.3 is 0 Å². The van der Waals surface area contributed by atoms with Crippen LogP contribution in [0, 0.1) is 19.7 Å². The van der Waals surface area contributed by atoms with Crippen LogP contribution in [0.2, 0.25) is 0 Å². The molecule has 0 saturated heterocycles. The Morgan fingerprint density at radius 2 is 1.50 bits per heavy atom. The van der Waals surface area contributed by atoms with Gasteiger partial charge in [0.15, 0.2) is 0 Å². The normalized spacial score (nSPS) is 11.1. The number of pyridine rings is 1. The van der Waals surface area contributed by atoms with Crippen molar-refractivity contribution in [3.05, 3.63) is 77.6 Å². The van der Waals surface area contributed by atoms with E-state index in [-0.39, 0.29) is 5.82 Å². The quantitative estimate of drug-likeness (QED) is 0.414. The molecule has 0 fully saturated rings. The van der Waals surface area contributed by atoms with Gasteiger partial charge in [0.25, 0.3) is 0 Å². The molecule has 0 saturated carbocycles. The molecule has 4 rings (SSSR count). The highest BCUT2D eigenvalue weighted by atomic mass is 32.1. The first-order valence-corrected chi connectivity index (χ1v) is 8.65. The summed E-state index contributed by atoms with van der Waals surface area (Å²) in [7, 11) is 0. The molecule has 0 atom stereocenters. The van der Waals surface area contributed by atoms with Crippen LogP contribution in [0.4, 0.5) is 4.39 Å². The lowest BCUT2D eigenvalue weighted by molar-refractivity contribution is 0.628. The number of aromatic nitrogens is 1. The zero-order valence-electron chi connectivity index (χ0n) is 13.5. The number of benzene rings is 2. The minimum atomic E-state index is -0.213. The van der Waals surface area contributed by atoms with Crippen LogP contribution in [0.25, 0.3) is 31.9 Å². The predicted octanol–water partition coefficient (Wildman–Crippen LogP) is 6.39. The van der Waals surface area contributed by atoms with E-state index in [1.165, 1.54) is 23.3 Å². The van der Waals surface area contributed by atoms with Gasteiger partial charge in [0, 0.05) is 10.4 Å². The molecule has 0 unspecified atom stereocenters. The fourth-order valence-corrected chi connectivity index (χ4v) is 3.97. The lowest BCUT2D eigenvalue weighted by atomic mass is 10.0. The smallest absolute Gasteiger partial charge is 0.123 e. The molecule has 4 aromatic rings. The summed E-state index contributed by atoms with van der Waals surface area (Å²) in [5.74, 6) is -0.213. The van der Waals surface area contributed by atoms with E-state index in [9.17, 15) is 4.39 Å². The Bertz CT molecular complexity index is 1010. The van der Waals surface area contributed by atoms with Gasteiger partial charge in [0.1, 0.15) is 5.82 Å². The number of thiophene rings is 1. The second-order valence-electron chi connectivity index (χ2n) is 6.07. The monoisotopic (exact) mass is 333 g/mol. The summed E-state index contributed by atoms with van der Waals surface area (Å²) in [5.41, 5.74) is 6.61. The van der Waals surface area contributed by atoms with E-state index in [2.05, 4.69) is 50.2 Å². The molecule has 2 aromatic heterocycles. The Morgan fingerprint density at radius 3 is 2.21 bits per heavy atom. The summed E-state index contributed by atoms with van der Waals surface area (Å²) in [6, 6.07) is 19.4. The van der Waals surface area contributed by atoms with E-state index in [0.29, 0.717) is 0 Å². The second-order valence-corrected chi connectivity index (χ2v) is 7.16. The number of nitrogens with zero attached hydrogens (tertiary/aromatic N) is 1. The lowest BCUT2D eigenvalue weighted by Gasteiger charge is -2.04. The maximum atomic E-state index is 13.1. The molecule has 118 valence electrons. The number of fused-ring (bicyclic) bond motifs is 1. The standard InChI is InChI=1S/C21H16FNS/c1-13-9-14(2)11-16(10-13)18-7-8-20-19(23-18)12-21(24-20)15-3-5-17(22)6-4-15/h3-12H,1-2H3. The molecule has 2 aromatic carbocycles. The maximum Gasteiger partial charge on any atom is 0.123 e. The van der Waals surface area contributed by atoms with E-state index >= 15 is 0 Å². The fraction of sp³-hybridized carbons (Fsp3) is 0.0952. The van der Waals surface area contributed by atoms with E-state index in [4.69, 9.17) is 4.98 Å². The highest BCUT2D eigenvalue weighted by Crippen LogP contribution is 2.34. The number of hydrogen-bond donors (Lipinski definition) is 0. The third kappa shape index (κ3) is 2.83. The Labute approximate surface area is 144 Å². The van der Waals surface area contributed by atoms with Crippen LogP contribution in [0.15, 0.2) is 60.7 Å². The van der Waals surface area contributed by atoms with Crippen LogP contribution in [-0.4, -0.2) is 4.98 Å². The second kappa shape index (κ2) is 5.84. The van der Waals surface area contributed by atoms with Gasteiger partial charge in [-0.15, -0.1) is 11.3 Å². The van der Waals surface area contributed by atoms with Crippen LogP contribution in [0.3, 0.4) is 0 Å². The predicted molar refractivity (Wildman–Crippen MR) is 99.9 cm³/mol. The van der Waals surface area contributed by atoms with Crippen molar-refractivity contribution >= 4 is 21.6 Å². The van der Waals surface area contributed by atoms with Crippen LogP contribution >= 0.6 is 11.3 Å². The molecule has 0 spiro atoms. The Hall–Kier alpha value is -2.52. The number of hydrogen-bond acceptors (Lipinski definition) is 2. The molecule has 0 N–H and O–H groups in total. The molecular weight excluding hydrogens is 317 g/mol. The van der Waals surface area contributed by atoms with E-state index in [1.54, 1.807) is 11.3 Å². The van der Waals surface area contributed by atoms with Gasteiger partial charge in [-0.3, -0.25) is 0 Å². The average molecular weight is 333 g/mol. The highest BCUT2D eigenvalue weighted by molar-refractivity contribution is 7.22. The topological polar surface area (TPSA) is 12.9 Å². The van der Waals surface area contributed by atoms with Crippen molar-refractivity contribution < 1.29 is 4.39 Å². The lowest BCUT2D eigenvalue weighted by Crippen LogP contribution is -1.86.